The van der Waals surface area contributed by atoms with E-state index in [0.29, 0.717) is 0 Å². The van der Waals surface area contributed by atoms with Crippen LogP contribution < -0.4 is 0 Å². The van der Waals surface area contributed by atoms with Crippen LogP contribution in [0.5, 0.6) is 0 Å². The molecule has 0 rings (SSSR count). The lowest BCUT2D eigenvalue weighted by Crippen LogP contribution is -1.85. The maximum absolute atomic E-state index is 2.57. The van der Waals surface area contributed by atoms with Crippen molar-refractivity contribution in [3.05, 3.63) is 6.42 Å². The number of unbranched alkanes of at least 4 members (excludes halogenated alkanes) is 26. The average Bonchev–Trinajstić information content (AvgIpc) is 2.74. The SMILES string of the molecule is CCCCCCCCC[CH]CCCCCCCCCCCCCCCCCCC. The molecule has 0 N–H and O–H groups in total. The summed E-state index contributed by atoms with van der Waals surface area (Å²) in [5, 5.41) is 0. The molecule has 0 amide bonds. The molecule has 0 bridgehead atoms. The average molecular weight is 408 g/mol. The van der Waals surface area contributed by atoms with Gasteiger partial charge >= 0.3 is 0 Å². The number of hydrogen-bond donors (Lipinski definition) is 0. The zero-order valence-electron chi connectivity index (χ0n) is 21.0. The minimum Gasteiger partial charge on any atom is -0.0654 e. The van der Waals surface area contributed by atoms with Crippen LogP contribution in [-0.2, 0) is 0 Å². The lowest BCUT2D eigenvalue weighted by molar-refractivity contribution is 0.526. The van der Waals surface area contributed by atoms with Crippen LogP contribution in [0.15, 0.2) is 0 Å². The number of hydrogen-bond acceptors (Lipinski definition) is 0. The second kappa shape index (κ2) is 28.0. The van der Waals surface area contributed by atoms with Crippen LogP contribution in [-0.4, -0.2) is 0 Å². The summed E-state index contributed by atoms with van der Waals surface area (Å²) in [6, 6.07) is 0. The van der Waals surface area contributed by atoms with Crippen LogP contribution in [0.25, 0.3) is 0 Å². The van der Waals surface area contributed by atoms with E-state index >= 15 is 0 Å². The van der Waals surface area contributed by atoms with Crippen LogP contribution in [0.3, 0.4) is 0 Å². The van der Waals surface area contributed by atoms with Gasteiger partial charge in [-0.15, -0.1) is 0 Å². The Morgan fingerprint density at radius 3 is 0.724 bits per heavy atom. The molecule has 0 aromatic heterocycles. The first-order chi connectivity index (χ1) is 14.4. The Hall–Kier alpha value is 0. The van der Waals surface area contributed by atoms with Crippen molar-refractivity contribution in [2.24, 2.45) is 0 Å². The lowest BCUT2D eigenvalue weighted by atomic mass is 10.0. The molecule has 0 aromatic rings. The van der Waals surface area contributed by atoms with Gasteiger partial charge in [0.25, 0.3) is 0 Å². The van der Waals surface area contributed by atoms with E-state index in [9.17, 15) is 0 Å². The van der Waals surface area contributed by atoms with Gasteiger partial charge in [-0.25, -0.2) is 0 Å². The highest BCUT2D eigenvalue weighted by Crippen LogP contribution is 2.15. The van der Waals surface area contributed by atoms with Crippen molar-refractivity contribution in [3.8, 4) is 0 Å². The monoisotopic (exact) mass is 407 g/mol. The smallest absolute Gasteiger partial charge is 0.0386 e. The van der Waals surface area contributed by atoms with Crippen molar-refractivity contribution in [1.29, 1.82) is 0 Å². The van der Waals surface area contributed by atoms with Gasteiger partial charge < -0.3 is 0 Å². The summed E-state index contributed by atoms with van der Waals surface area (Å²) in [5.41, 5.74) is 0. The quantitative estimate of drug-likeness (QED) is 0.125. The van der Waals surface area contributed by atoms with Crippen LogP contribution in [0.1, 0.15) is 181 Å². The van der Waals surface area contributed by atoms with Gasteiger partial charge in [-0.1, -0.05) is 181 Å². The summed E-state index contributed by atoms with van der Waals surface area (Å²) >= 11 is 0. The van der Waals surface area contributed by atoms with Crippen LogP contribution in [0, 0.1) is 6.42 Å². The van der Waals surface area contributed by atoms with Crippen LogP contribution >= 0.6 is 0 Å². The molecule has 175 valence electrons. The molecule has 0 heteroatoms. The van der Waals surface area contributed by atoms with Gasteiger partial charge in [0.05, 0.1) is 0 Å². The molecule has 0 heterocycles. The van der Waals surface area contributed by atoms with Gasteiger partial charge in [-0.2, -0.15) is 0 Å². The van der Waals surface area contributed by atoms with E-state index in [0.717, 1.165) is 0 Å². The third-order valence-corrected chi connectivity index (χ3v) is 6.52. The molecule has 0 aromatic carbocycles. The predicted octanol–water partition coefficient (Wildman–Crippen LogP) is 11.4. The van der Waals surface area contributed by atoms with Gasteiger partial charge in [-0.3, -0.25) is 0 Å². The summed E-state index contributed by atoms with van der Waals surface area (Å²) < 4.78 is 0. The highest BCUT2D eigenvalue weighted by Gasteiger charge is 1.96. The van der Waals surface area contributed by atoms with Gasteiger partial charge in [-0.05, 0) is 6.42 Å². The molecule has 0 saturated carbocycles. The van der Waals surface area contributed by atoms with Crippen molar-refractivity contribution in [2.45, 2.75) is 181 Å². The summed E-state index contributed by atoms with van der Waals surface area (Å²) in [5.74, 6) is 0. The van der Waals surface area contributed by atoms with E-state index in [2.05, 4.69) is 20.3 Å². The molecule has 29 heavy (non-hydrogen) atoms. The summed E-state index contributed by atoms with van der Waals surface area (Å²) in [4.78, 5) is 0. The van der Waals surface area contributed by atoms with Crippen molar-refractivity contribution >= 4 is 0 Å². The maximum atomic E-state index is 2.57. The predicted molar refractivity (Wildman–Crippen MR) is 136 cm³/mol. The van der Waals surface area contributed by atoms with Crippen LogP contribution in [0.4, 0.5) is 0 Å². The largest absolute Gasteiger partial charge is 0.0654 e. The fourth-order valence-corrected chi connectivity index (χ4v) is 4.40. The Bertz CT molecular complexity index is 231. The zero-order valence-corrected chi connectivity index (χ0v) is 21.0. The molecule has 0 aliphatic carbocycles. The molecule has 0 saturated heterocycles. The Balaban J connectivity index is 2.97. The van der Waals surface area contributed by atoms with Gasteiger partial charge in [0, 0.05) is 0 Å². The Morgan fingerprint density at radius 1 is 0.276 bits per heavy atom. The topological polar surface area (TPSA) is 0 Å². The van der Waals surface area contributed by atoms with Gasteiger partial charge in [0.1, 0.15) is 0 Å². The Kier molecular flexibility index (Phi) is 28.0. The molecule has 0 atom stereocenters. The van der Waals surface area contributed by atoms with Crippen LogP contribution in [0.2, 0.25) is 0 Å². The van der Waals surface area contributed by atoms with E-state index < -0.39 is 0 Å². The second-order valence-corrected chi connectivity index (χ2v) is 9.64. The minimum absolute atomic E-state index is 1.37. The number of rotatable bonds is 26. The van der Waals surface area contributed by atoms with Crippen molar-refractivity contribution in [1.82, 2.24) is 0 Å². The molecule has 0 aliphatic rings. The second-order valence-electron chi connectivity index (χ2n) is 9.64. The molecule has 0 nitrogen and oxygen atoms in total. The molecule has 0 fully saturated rings. The third kappa shape index (κ3) is 28.0. The fraction of sp³-hybridized carbons (Fsp3) is 0.966. The van der Waals surface area contributed by atoms with E-state index in [1.165, 1.54) is 167 Å². The van der Waals surface area contributed by atoms with E-state index in [4.69, 9.17) is 0 Å². The first-order valence-corrected chi connectivity index (χ1v) is 14.2. The Morgan fingerprint density at radius 2 is 0.483 bits per heavy atom. The van der Waals surface area contributed by atoms with E-state index in [1.54, 1.807) is 0 Å². The first-order valence-electron chi connectivity index (χ1n) is 14.2. The summed E-state index contributed by atoms with van der Waals surface area (Å²) in [6.07, 6.45) is 40.4. The van der Waals surface area contributed by atoms with Gasteiger partial charge in [0.2, 0.25) is 0 Å². The van der Waals surface area contributed by atoms with Crippen molar-refractivity contribution in [2.75, 3.05) is 0 Å². The molecular formula is C29H59. The lowest BCUT2D eigenvalue weighted by Gasteiger charge is -2.04. The highest BCUT2D eigenvalue weighted by atomic mass is 14.0. The first kappa shape index (κ1) is 29.0. The summed E-state index contributed by atoms with van der Waals surface area (Å²) in [6.45, 7) is 4.60. The highest BCUT2D eigenvalue weighted by molar-refractivity contribution is 4.64. The van der Waals surface area contributed by atoms with Crippen molar-refractivity contribution in [3.63, 3.8) is 0 Å². The standard InChI is InChI=1S/C29H59/c1-3-5-7-9-11-13-15-17-19-21-23-25-27-29-28-26-24-22-20-18-16-14-12-10-8-6-4-2/h19H,3-18,20-29H2,1-2H3. The Labute approximate surface area is 187 Å². The molecule has 0 spiro atoms. The normalized spacial score (nSPS) is 11.4. The molecular weight excluding hydrogens is 348 g/mol. The molecule has 0 aliphatic heterocycles. The molecule has 1 radical (unpaired) electrons. The minimum atomic E-state index is 1.37. The van der Waals surface area contributed by atoms with E-state index in [-0.39, 0.29) is 0 Å². The zero-order chi connectivity index (χ0) is 21.1. The van der Waals surface area contributed by atoms with Gasteiger partial charge in [0.15, 0.2) is 0 Å². The summed E-state index contributed by atoms with van der Waals surface area (Å²) in [7, 11) is 0. The molecule has 0 unspecified atom stereocenters. The maximum Gasteiger partial charge on any atom is -0.0386 e. The van der Waals surface area contributed by atoms with Crippen molar-refractivity contribution < 1.29 is 0 Å². The fourth-order valence-electron chi connectivity index (χ4n) is 4.40. The third-order valence-electron chi connectivity index (χ3n) is 6.52. The van der Waals surface area contributed by atoms with E-state index in [1.807, 2.05) is 0 Å².